The van der Waals surface area contributed by atoms with Crippen LogP contribution in [0.3, 0.4) is 0 Å². The van der Waals surface area contributed by atoms with Crippen LogP contribution in [0, 0.1) is 0 Å². The van der Waals surface area contributed by atoms with Crippen molar-refractivity contribution in [3.05, 3.63) is 48.4 Å². The van der Waals surface area contributed by atoms with E-state index in [9.17, 15) is 0 Å². The molecule has 5 heteroatoms. The van der Waals surface area contributed by atoms with Crippen LogP contribution in [0.15, 0.2) is 42.9 Å². The third-order valence-electron chi connectivity index (χ3n) is 2.84. The van der Waals surface area contributed by atoms with Crippen LogP contribution in [0.2, 0.25) is 0 Å². The molecule has 0 bridgehead atoms. The first-order valence-electron chi connectivity index (χ1n) is 6.71. The van der Waals surface area contributed by atoms with Gasteiger partial charge in [-0.25, -0.2) is 4.98 Å². The zero-order valence-electron chi connectivity index (χ0n) is 11.5. The highest BCUT2D eigenvalue weighted by Crippen LogP contribution is 2.12. The fourth-order valence-electron chi connectivity index (χ4n) is 1.78. The number of unbranched alkanes of at least 4 members (excludes halogenated alkanes) is 1. The van der Waals surface area contributed by atoms with E-state index in [1.807, 2.05) is 12.1 Å². The number of aromatic nitrogens is 2. The van der Waals surface area contributed by atoms with Crippen LogP contribution < -0.4 is 10.6 Å². The normalized spacial score (nSPS) is 10.1. The second kappa shape index (κ2) is 7.55. The van der Waals surface area contributed by atoms with Crippen LogP contribution in [0.1, 0.15) is 25.3 Å². The molecular weight excluding hydrogens is 268 g/mol. The number of aryl methyl sites for hydroxylation is 1. The summed E-state index contributed by atoms with van der Waals surface area (Å²) >= 11 is 5.23. The highest BCUT2D eigenvalue weighted by molar-refractivity contribution is 7.80. The van der Waals surface area contributed by atoms with E-state index in [0.29, 0.717) is 10.9 Å². The first-order valence-corrected chi connectivity index (χ1v) is 7.11. The number of nitrogens with zero attached hydrogens (tertiary/aromatic N) is 2. The second-order valence-electron chi connectivity index (χ2n) is 4.47. The van der Waals surface area contributed by atoms with Gasteiger partial charge in [-0.05, 0) is 42.8 Å². The highest BCUT2D eigenvalue weighted by Gasteiger charge is 2.00. The van der Waals surface area contributed by atoms with E-state index in [-0.39, 0.29) is 0 Å². The summed E-state index contributed by atoms with van der Waals surface area (Å²) in [7, 11) is 0. The fraction of sp³-hybridized carbons (Fsp3) is 0.267. The lowest BCUT2D eigenvalue weighted by Crippen LogP contribution is -2.19. The van der Waals surface area contributed by atoms with Gasteiger partial charge < -0.3 is 10.6 Å². The molecule has 104 valence electrons. The Hall–Kier alpha value is -2.01. The molecule has 1 heterocycles. The highest BCUT2D eigenvalue weighted by atomic mass is 32.1. The van der Waals surface area contributed by atoms with Crippen molar-refractivity contribution in [2.75, 3.05) is 10.6 Å². The second-order valence-corrected chi connectivity index (χ2v) is 4.88. The number of rotatable bonds is 5. The Kier molecular flexibility index (Phi) is 5.43. The largest absolute Gasteiger partial charge is 0.332 e. The lowest BCUT2D eigenvalue weighted by molar-refractivity contribution is 0.795. The Bertz CT molecular complexity index is 540. The van der Waals surface area contributed by atoms with Gasteiger partial charge in [0.05, 0.1) is 6.20 Å². The van der Waals surface area contributed by atoms with Crippen LogP contribution in [0.5, 0.6) is 0 Å². The van der Waals surface area contributed by atoms with E-state index in [4.69, 9.17) is 12.2 Å². The fourth-order valence-corrected chi connectivity index (χ4v) is 2.00. The van der Waals surface area contributed by atoms with Crippen LogP contribution in [-0.4, -0.2) is 15.1 Å². The predicted octanol–water partition coefficient (Wildman–Crippen LogP) is 3.63. The van der Waals surface area contributed by atoms with E-state index in [0.717, 1.165) is 12.1 Å². The minimum atomic E-state index is 0.506. The third-order valence-corrected chi connectivity index (χ3v) is 3.04. The molecule has 0 aliphatic carbocycles. The number of benzene rings is 1. The van der Waals surface area contributed by atoms with Gasteiger partial charge in [-0.1, -0.05) is 25.5 Å². The lowest BCUT2D eigenvalue weighted by Gasteiger charge is -2.10. The average molecular weight is 286 g/mol. The minimum absolute atomic E-state index is 0.506. The Balaban J connectivity index is 1.88. The first kappa shape index (κ1) is 14.4. The van der Waals surface area contributed by atoms with Crippen molar-refractivity contribution in [1.82, 2.24) is 9.97 Å². The molecule has 2 aromatic rings. The number of thiocarbonyl (C=S) groups is 1. The Morgan fingerprint density at radius 3 is 2.60 bits per heavy atom. The van der Waals surface area contributed by atoms with Gasteiger partial charge in [0.1, 0.15) is 0 Å². The van der Waals surface area contributed by atoms with E-state index in [1.54, 1.807) is 18.6 Å². The van der Waals surface area contributed by atoms with Gasteiger partial charge in [-0.15, -0.1) is 0 Å². The maximum atomic E-state index is 5.23. The van der Waals surface area contributed by atoms with Gasteiger partial charge >= 0.3 is 0 Å². The molecular formula is C15H18N4S. The smallest absolute Gasteiger partial charge is 0.176 e. The quantitative estimate of drug-likeness (QED) is 0.822. The number of hydrogen-bond acceptors (Lipinski definition) is 3. The standard InChI is InChI=1S/C15H18N4S/c1-2-3-4-12-5-7-13(8-6-12)18-15(20)19-14-11-16-9-10-17-14/h5-11H,2-4H2,1H3,(H2,17,18,19,20). The molecule has 0 aliphatic heterocycles. The monoisotopic (exact) mass is 286 g/mol. The van der Waals surface area contributed by atoms with Gasteiger partial charge in [-0.2, -0.15) is 0 Å². The zero-order chi connectivity index (χ0) is 14.2. The topological polar surface area (TPSA) is 49.8 Å². The van der Waals surface area contributed by atoms with Crippen LogP contribution >= 0.6 is 12.2 Å². The number of nitrogens with one attached hydrogen (secondary N) is 2. The van der Waals surface area contributed by atoms with Crippen molar-refractivity contribution in [2.45, 2.75) is 26.2 Å². The maximum Gasteiger partial charge on any atom is 0.176 e. The molecule has 2 N–H and O–H groups in total. The van der Waals surface area contributed by atoms with Crippen molar-refractivity contribution >= 4 is 28.8 Å². The van der Waals surface area contributed by atoms with Gasteiger partial charge in [0.2, 0.25) is 0 Å². The summed E-state index contributed by atoms with van der Waals surface area (Å²) in [6.07, 6.45) is 8.43. The van der Waals surface area contributed by atoms with Crippen LogP contribution in [-0.2, 0) is 6.42 Å². The van der Waals surface area contributed by atoms with Gasteiger partial charge in [-0.3, -0.25) is 4.98 Å². The summed E-state index contributed by atoms with van der Waals surface area (Å²) < 4.78 is 0. The summed E-state index contributed by atoms with van der Waals surface area (Å²) in [4.78, 5) is 8.08. The molecule has 1 aromatic carbocycles. The van der Waals surface area contributed by atoms with E-state index in [2.05, 4.69) is 39.7 Å². The van der Waals surface area contributed by atoms with E-state index in [1.165, 1.54) is 18.4 Å². The number of hydrogen-bond donors (Lipinski definition) is 2. The van der Waals surface area contributed by atoms with Crippen molar-refractivity contribution in [3.63, 3.8) is 0 Å². The van der Waals surface area contributed by atoms with Gasteiger partial charge in [0, 0.05) is 18.1 Å². The SMILES string of the molecule is CCCCc1ccc(NC(=S)Nc2cnccn2)cc1. The summed E-state index contributed by atoms with van der Waals surface area (Å²) in [5.74, 6) is 0.629. The molecule has 2 rings (SSSR count). The molecule has 0 radical (unpaired) electrons. The van der Waals surface area contributed by atoms with E-state index >= 15 is 0 Å². The summed E-state index contributed by atoms with van der Waals surface area (Å²) in [6.45, 7) is 2.20. The van der Waals surface area contributed by atoms with E-state index < -0.39 is 0 Å². The molecule has 0 atom stereocenters. The molecule has 0 unspecified atom stereocenters. The maximum absolute atomic E-state index is 5.23. The van der Waals surface area contributed by atoms with Crippen molar-refractivity contribution in [3.8, 4) is 0 Å². The summed E-state index contributed by atoms with van der Waals surface area (Å²) in [6, 6.07) is 8.33. The average Bonchev–Trinajstić information content (AvgIpc) is 2.47. The van der Waals surface area contributed by atoms with Crippen molar-refractivity contribution < 1.29 is 0 Å². The Morgan fingerprint density at radius 1 is 1.15 bits per heavy atom. The molecule has 0 amide bonds. The molecule has 0 aliphatic rings. The molecule has 20 heavy (non-hydrogen) atoms. The van der Waals surface area contributed by atoms with Gasteiger partial charge in [0.25, 0.3) is 0 Å². The predicted molar refractivity (Wildman–Crippen MR) is 86.9 cm³/mol. The minimum Gasteiger partial charge on any atom is -0.332 e. The number of anilines is 2. The molecule has 0 saturated carbocycles. The molecule has 0 spiro atoms. The third kappa shape index (κ3) is 4.59. The summed E-state index contributed by atoms with van der Waals surface area (Å²) in [5.41, 5.74) is 2.32. The van der Waals surface area contributed by atoms with Crippen molar-refractivity contribution in [2.24, 2.45) is 0 Å². The molecule has 1 aromatic heterocycles. The first-order chi connectivity index (χ1) is 9.78. The van der Waals surface area contributed by atoms with Crippen molar-refractivity contribution in [1.29, 1.82) is 0 Å². The molecule has 0 saturated heterocycles. The van der Waals surface area contributed by atoms with Crippen LogP contribution in [0.25, 0.3) is 0 Å². The molecule has 0 fully saturated rings. The Labute approximate surface area is 124 Å². The lowest BCUT2D eigenvalue weighted by atomic mass is 10.1. The van der Waals surface area contributed by atoms with Crippen LogP contribution in [0.4, 0.5) is 11.5 Å². The Morgan fingerprint density at radius 2 is 1.95 bits per heavy atom. The summed E-state index contributed by atoms with van der Waals surface area (Å²) in [5, 5.41) is 6.62. The molecule has 4 nitrogen and oxygen atoms in total. The zero-order valence-corrected chi connectivity index (χ0v) is 12.3. The van der Waals surface area contributed by atoms with Gasteiger partial charge in [0.15, 0.2) is 10.9 Å².